The van der Waals surface area contributed by atoms with Gasteiger partial charge in [-0.25, -0.2) is 0 Å². The van der Waals surface area contributed by atoms with Gasteiger partial charge in [-0.2, -0.15) is 0 Å². The van der Waals surface area contributed by atoms with Gasteiger partial charge in [0.1, 0.15) is 0 Å². The zero-order valence-corrected chi connectivity index (χ0v) is 13.2. The number of hydrogen-bond acceptors (Lipinski definition) is 1. The van der Waals surface area contributed by atoms with Crippen LogP contribution in [0.1, 0.15) is 53.4 Å². The monoisotopic (exact) mass is 249 g/mol. The normalized spacial score (nSPS) is 13.1. The fourth-order valence-corrected chi connectivity index (χ4v) is 1.68. The summed E-state index contributed by atoms with van der Waals surface area (Å²) >= 11 is 0. The molecule has 0 rings (SSSR count). The smallest absolute Gasteiger partial charge is 0.0159 e. The minimum Gasteiger partial charge on any atom is -0.306 e. The second-order valence-electron chi connectivity index (χ2n) is 5.72. The molecule has 104 valence electrons. The molecule has 0 unspecified atom stereocenters. The number of hydrogen-bond donors (Lipinski definition) is 0. The van der Waals surface area contributed by atoms with E-state index in [1.807, 2.05) is 0 Å². The van der Waals surface area contributed by atoms with E-state index in [-0.39, 0.29) is 0 Å². The van der Waals surface area contributed by atoms with Gasteiger partial charge in [0, 0.05) is 6.54 Å². The molecule has 0 bridgehead atoms. The van der Waals surface area contributed by atoms with Crippen LogP contribution < -0.4 is 0 Å². The summed E-state index contributed by atoms with van der Waals surface area (Å²) in [6, 6.07) is 0. The van der Waals surface area contributed by atoms with Crippen LogP contribution in [-0.2, 0) is 0 Å². The standard InChI is InChI=1S/C17H31N/c1-15(2)9-7-10-16(3)11-8-12-17(4)13-14-18(5)6/h9,11,13H,7-8,10,12,14H2,1-6H3. The molecule has 18 heavy (non-hydrogen) atoms. The first-order valence-corrected chi connectivity index (χ1v) is 7.01. The van der Waals surface area contributed by atoms with Crippen molar-refractivity contribution < 1.29 is 0 Å². The number of rotatable bonds is 8. The highest BCUT2D eigenvalue weighted by Crippen LogP contribution is 2.11. The molecular weight excluding hydrogens is 218 g/mol. The van der Waals surface area contributed by atoms with Crippen molar-refractivity contribution in [1.82, 2.24) is 4.90 Å². The minimum atomic E-state index is 1.05. The fourth-order valence-electron chi connectivity index (χ4n) is 1.68. The van der Waals surface area contributed by atoms with Crippen molar-refractivity contribution in [2.45, 2.75) is 53.4 Å². The fraction of sp³-hybridized carbons (Fsp3) is 0.647. The van der Waals surface area contributed by atoms with Gasteiger partial charge in [0.2, 0.25) is 0 Å². The van der Waals surface area contributed by atoms with Gasteiger partial charge in [0.15, 0.2) is 0 Å². The molecule has 1 heteroatoms. The Labute approximate surface area is 114 Å². The van der Waals surface area contributed by atoms with Crippen molar-refractivity contribution in [2.24, 2.45) is 0 Å². The van der Waals surface area contributed by atoms with Gasteiger partial charge in [-0.05, 0) is 67.5 Å². The molecule has 0 amide bonds. The highest BCUT2D eigenvalue weighted by molar-refractivity contribution is 5.05. The molecule has 0 radical (unpaired) electrons. The van der Waals surface area contributed by atoms with Crippen LogP contribution in [0.2, 0.25) is 0 Å². The molecule has 0 aliphatic rings. The van der Waals surface area contributed by atoms with Gasteiger partial charge < -0.3 is 4.90 Å². The minimum absolute atomic E-state index is 1.05. The van der Waals surface area contributed by atoms with Gasteiger partial charge in [-0.1, -0.05) is 34.9 Å². The second-order valence-corrected chi connectivity index (χ2v) is 5.72. The van der Waals surface area contributed by atoms with Gasteiger partial charge in [-0.3, -0.25) is 0 Å². The van der Waals surface area contributed by atoms with E-state index in [9.17, 15) is 0 Å². The van der Waals surface area contributed by atoms with Crippen molar-refractivity contribution >= 4 is 0 Å². The van der Waals surface area contributed by atoms with Crippen LogP contribution in [0.4, 0.5) is 0 Å². The summed E-state index contributed by atoms with van der Waals surface area (Å²) in [6.45, 7) is 9.86. The van der Waals surface area contributed by atoms with Gasteiger partial charge in [-0.15, -0.1) is 0 Å². The van der Waals surface area contributed by atoms with Crippen LogP contribution in [0, 0.1) is 0 Å². The molecule has 0 N–H and O–H groups in total. The molecule has 1 nitrogen and oxygen atoms in total. The van der Waals surface area contributed by atoms with E-state index >= 15 is 0 Å². The Morgan fingerprint density at radius 2 is 1.28 bits per heavy atom. The lowest BCUT2D eigenvalue weighted by molar-refractivity contribution is 0.455. The topological polar surface area (TPSA) is 3.24 Å². The maximum Gasteiger partial charge on any atom is 0.0159 e. The molecule has 0 saturated heterocycles. The molecule has 0 atom stereocenters. The Hall–Kier alpha value is -0.820. The summed E-state index contributed by atoms with van der Waals surface area (Å²) in [5.41, 5.74) is 4.44. The molecule has 0 aromatic heterocycles. The molecule has 0 aromatic rings. The number of nitrogens with zero attached hydrogens (tertiary/aromatic N) is 1. The van der Waals surface area contributed by atoms with Gasteiger partial charge in [0.25, 0.3) is 0 Å². The molecule has 0 aliphatic heterocycles. The highest BCUT2D eigenvalue weighted by atomic mass is 15.0. The quantitative estimate of drug-likeness (QED) is 0.549. The summed E-state index contributed by atoms with van der Waals surface area (Å²) in [5.74, 6) is 0. The lowest BCUT2D eigenvalue weighted by Crippen LogP contribution is -2.10. The lowest BCUT2D eigenvalue weighted by atomic mass is 10.1. The van der Waals surface area contributed by atoms with Gasteiger partial charge in [0.05, 0.1) is 0 Å². The average molecular weight is 249 g/mol. The van der Waals surface area contributed by atoms with E-state index in [1.54, 1.807) is 0 Å². The number of likely N-dealkylation sites (N-methyl/N-ethyl adjacent to an activating group) is 1. The Balaban J connectivity index is 3.86. The largest absolute Gasteiger partial charge is 0.306 e. The van der Waals surface area contributed by atoms with E-state index < -0.39 is 0 Å². The van der Waals surface area contributed by atoms with Crippen molar-refractivity contribution in [2.75, 3.05) is 20.6 Å². The van der Waals surface area contributed by atoms with Crippen molar-refractivity contribution in [3.63, 3.8) is 0 Å². The first-order valence-electron chi connectivity index (χ1n) is 7.01. The maximum atomic E-state index is 2.39. The van der Waals surface area contributed by atoms with Gasteiger partial charge >= 0.3 is 0 Å². The third-order valence-corrected chi connectivity index (χ3v) is 2.93. The Morgan fingerprint density at radius 3 is 1.78 bits per heavy atom. The Bertz CT molecular complexity index is 302. The van der Waals surface area contributed by atoms with Crippen LogP contribution >= 0.6 is 0 Å². The molecular formula is C17H31N. The van der Waals surface area contributed by atoms with E-state index in [1.165, 1.54) is 42.4 Å². The highest BCUT2D eigenvalue weighted by Gasteiger charge is 1.92. The second kappa shape index (κ2) is 10.1. The van der Waals surface area contributed by atoms with Crippen molar-refractivity contribution in [1.29, 1.82) is 0 Å². The van der Waals surface area contributed by atoms with Crippen molar-refractivity contribution in [3.05, 3.63) is 34.9 Å². The van der Waals surface area contributed by atoms with E-state index in [2.05, 4.69) is 64.9 Å². The first-order chi connectivity index (χ1) is 8.41. The van der Waals surface area contributed by atoms with Crippen LogP contribution in [0.5, 0.6) is 0 Å². The SMILES string of the molecule is CC(C)=CCCC(C)=CCCC(C)=CCN(C)C. The van der Waals surface area contributed by atoms with Crippen LogP contribution in [0.3, 0.4) is 0 Å². The predicted octanol–water partition coefficient (Wildman–Crippen LogP) is 4.97. The lowest BCUT2D eigenvalue weighted by Gasteiger charge is -2.06. The van der Waals surface area contributed by atoms with Crippen LogP contribution in [0.25, 0.3) is 0 Å². The molecule has 0 spiro atoms. The van der Waals surface area contributed by atoms with Crippen LogP contribution in [-0.4, -0.2) is 25.5 Å². The van der Waals surface area contributed by atoms with Crippen LogP contribution in [0.15, 0.2) is 34.9 Å². The Kier molecular flexibility index (Phi) is 9.67. The zero-order chi connectivity index (χ0) is 14.0. The third kappa shape index (κ3) is 11.7. The summed E-state index contributed by atoms with van der Waals surface area (Å²) in [6.07, 6.45) is 11.8. The zero-order valence-electron chi connectivity index (χ0n) is 13.2. The number of allylic oxidation sites excluding steroid dienone is 5. The third-order valence-electron chi connectivity index (χ3n) is 2.93. The molecule has 0 aromatic carbocycles. The summed E-state index contributed by atoms with van der Waals surface area (Å²) in [4.78, 5) is 2.20. The maximum absolute atomic E-state index is 2.39. The van der Waals surface area contributed by atoms with Crippen molar-refractivity contribution in [3.8, 4) is 0 Å². The van der Waals surface area contributed by atoms with E-state index in [0.717, 1.165) is 6.54 Å². The average Bonchev–Trinajstić information content (AvgIpc) is 2.25. The summed E-state index contributed by atoms with van der Waals surface area (Å²) in [5, 5.41) is 0. The molecule has 0 saturated carbocycles. The summed E-state index contributed by atoms with van der Waals surface area (Å²) < 4.78 is 0. The first kappa shape index (κ1) is 17.2. The molecule has 0 aliphatic carbocycles. The molecule has 0 heterocycles. The summed E-state index contributed by atoms with van der Waals surface area (Å²) in [7, 11) is 4.22. The molecule has 0 fully saturated rings. The Morgan fingerprint density at radius 1 is 0.778 bits per heavy atom. The van der Waals surface area contributed by atoms with E-state index in [4.69, 9.17) is 0 Å². The van der Waals surface area contributed by atoms with E-state index in [0.29, 0.717) is 0 Å². The predicted molar refractivity (Wildman–Crippen MR) is 84.0 cm³/mol.